The van der Waals surface area contributed by atoms with Gasteiger partial charge >= 0.3 is 0 Å². The van der Waals surface area contributed by atoms with E-state index in [-0.39, 0.29) is 5.57 Å². The first kappa shape index (κ1) is 18.8. The molecule has 0 fully saturated rings. The fourth-order valence-corrected chi connectivity index (χ4v) is 2.28. The molecule has 0 spiro atoms. The fraction of sp³-hybridized carbons (Fsp3) is 0.211. The number of rotatable bonds is 7. The Morgan fingerprint density at radius 3 is 2.27 bits per heavy atom. The first-order valence-electron chi connectivity index (χ1n) is 7.71. The normalized spacial score (nSPS) is 10.6. The number of aromatic nitrogens is 1. The summed E-state index contributed by atoms with van der Waals surface area (Å²) in [5, 5.41) is 12.0. The quantitative estimate of drug-likeness (QED) is 0.606. The van der Waals surface area contributed by atoms with Gasteiger partial charge in [0, 0.05) is 18.9 Å². The van der Waals surface area contributed by atoms with Crippen molar-refractivity contribution in [2.75, 3.05) is 21.3 Å². The second kappa shape index (κ2) is 9.08. The van der Waals surface area contributed by atoms with E-state index in [0.717, 1.165) is 5.56 Å². The summed E-state index contributed by atoms with van der Waals surface area (Å²) < 4.78 is 15.8. The minimum atomic E-state index is -0.474. The number of nitriles is 1. The molecule has 1 aromatic carbocycles. The van der Waals surface area contributed by atoms with Crippen LogP contribution in [0.2, 0.25) is 0 Å². The summed E-state index contributed by atoms with van der Waals surface area (Å²) in [7, 11) is 4.50. The van der Waals surface area contributed by atoms with Crippen LogP contribution in [0, 0.1) is 11.3 Å². The second-order valence-electron chi connectivity index (χ2n) is 5.17. The van der Waals surface area contributed by atoms with Crippen molar-refractivity contribution in [3.05, 3.63) is 53.4 Å². The number of nitrogens with zero attached hydrogens (tertiary/aromatic N) is 2. The number of benzene rings is 1. The standard InChI is InChI=1S/C19H19N3O4/c1-24-16-9-14(10-17(25-2)18(16)26-3)8-15(11-20)19(23)22-12-13-4-6-21-7-5-13/h4-10H,12H2,1-3H3,(H,22,23)/b15-8+. The lowest BCUT2D eigenvalue weighted by Crippen LogP contribution is -2.23. The Morgan fingerprint density at radius 2 is 1.77 bits per heavy atom. The van der Waals surface area contributed by atoms with Gasteiger partial charge in [-0.1, -0.05) is 0 Å². The van der Waals surface area contributed by atoms with E-state index in [1.54, 1.807) is 36.7 Å². The summed E-state index contributed by atoms with van der Waals surface area (Å²) in [5.74, 6) is 0.839. The topological polar surface area (TPSA) is 93.5 Å². The molecule has 0 aliphatic rings. The third kappa shape index (κ3) is 4.51. The van der Waals surface area contributed by atoms with Crippen LogP contribution >= 0.6 is 0 Å². The fourth-order valence-electron chi connectivity index (χ4n) is 2.28. The van der Waals surface area contributed by atoms with E-state index >= 15 is 0 Å². The van der Waals surface area contributed by atoms with Gasteiger partial charge in [-0.2, -0.15) is 5.26 Å². The Morgan fingerprint density at radius 1 is 1.15 bits per heavy atom. The van der Waals surface area contributed by atoms with Gasteiger partial charge in [0.1, 0.15) is 11.6 Å². The molecule has 2 rings (SSSR count). The highest BCUT2D eigenvalue weighted by Gasteiger charge is 2.14. The smallest absolute Gasteiger partial charge is 0.262 e. The molecule has 1 amide bonds. The Hall–Kier alpha value is -3.53. The lowest BCUT2D eigenvalue weighted by Gasteiger charge is -2.13. The van der Waals surface area contributed by atoms with Gasteiger partial charge in [-0.15, -0.1) is 0 Å². The van der Waals surface area contributed by atoms with Crippen LogP contribution in [0.4, 0.5) is 0 Å². The average Bonchev–Trinajstić information content (AvgIpc) is 2.69. The molecule has 0 saturated carbocycles. The van der Waals surface area contributed by atoms with Crippen LogP contribution in [0.5, 0.6) is 17.2 Å². The van der Waals surface area contributed by atoms with E-state index < -0.39 is 5.91 Å². The van der Waals surface area contributed by atoms with Crippen molar-refractivity contribution >= 4 is 12.0 Å². The lowest BCUT2D eigenvalue weighted by atomic mass is 10.1. The molecule has 0 saturated heterocycles. The molecular formula is C19H19N3O4. The third-order valence-electron chi connectivity index (χ3n) is 3.57. The van der Waals surface area contributed by atoms with Crippen molar-refractivity contribution in [2.24, 2.45) is 0 Å². The first-order chi connectivity index (χ1) is 12.6. The molecule has 0 atom stereocenters. The summed E-state index contributed by atoms with van der Waals surface area (Å²) in [4.78, 5) is 16.2. The molecule has 2 aromatic rings. The van der Waals surface area contributed by atoms with Gasteiger partial charge in [-0.3, -0.25) is 9.78 Å². The highest BCUT2D eigenvalue weighted by atomic mass is 16.5. The largest absolute Gasteiger partial charge is 0.493 e. The molecule has 7 nitrogen and oxygen atoms in total. The van der Waals surface area contributed by atoms with Gasteiger partial charge in [0.2, 0.25) is 5.75 Å². The van der Waals surface area contributed by atoms with Crippen LogP contribution in [0.25, 0.3) is 6.08 Å². The Kier molecular flexibility index (Phi) is 6.57. The lowest BCUT2D eigenvalue weighted by molar-refractivity contribution is -0.117. The molecule has 26 heavy (non-hydrogen) atoms. The van der Waals surface area contributed by atoms with E-state index in [1.165, 1.54) is 27.4 Å². The van der Waals surface area contributed by atoms with E-state index in [0.29, 0.717) is 29.4 Å². The highest BCUT2D eigenvalue weighted by Crippen LogP contribution is 2.38. The molecule has 1 N–H and O–H groups in total. The van der Waals surface area contributed by atoms with Gasteiger partial charge in [-0.25, -0.2) is 0 Å². The Balaban J connectivity index is 2.24. The van der Waals surface area contributed by atoms with Crippen molar-refractivity contribution in [1.82, 2.24) is 10.3 Å². The molecule has 0 radical (unpaired) electrons. The molecular weight excluding hydrogens is 334 g/mol. The summed E-state index contributed by atoms with van der Waals surface area (Å²) in [6, 6.07) is 8.81. The first-order valence-corrected chi connectivity index (χ1v) is 7.71. The summed E-state index contributed by atoms with van der Waals surface area (Å²) in [5.41, 5.74) is 1.43. The number of hydrogen-bond acceptors (Lipinski definition) is 6. The number of carbonyl (C=O) groups excluding carboxylic acids is 1. The van der Waals surface area contributed by atoms with E-state index in [1.807, 2.05) is 6.07 Å². The Labute approximate surface area is 151 Å². The highest BCUT2D eigenvalue weighted by molar-refractivity contribution is 6.01. The predicted molar refractivity (Wildman–Crippen MR) is 95.8 cm³/mol. The number of ether oxygens (including phenoxy) is 3. The van der Waals surface area contributed by atoms with Crippen molar-refractivity contribution < 1.29 is 19.0 Å². The van der Waals surface area contributed by atoms with Crippen molar-refractivity contribution in [3.8, 4) is 23.3 Å². The summed E-state index contributed by atoms with van der Waals surface area (Å²) >= 11 is 0. The molecule has 1 heterocycles. The maximum absolute atomic E-state index is 12.3. The molecule has 0 bridgehead atoms. The van der Waals surface area contributed by atoms with Crippen molar-refractivity contribution in [3.63, 3.8) is 0 Å². The SMILES string of the molecule is COc1cc(/C=C(\C#N)C(=O)NCc2ccncc2)cc(OC)c1OC. The summed E-state index contributed by atoms with van der Waals surface area (Å²) in [6.07, 6.45) is 4.74. The maximum Gasteiger partial charge on any atom is 0.262 e. The predicted octanol–water partition coefficient (Wildman–Crippen LogP) is 2.33. The zero-order valence-corrected chi connectivity index (χ0v) is 14.8. The monoisotopic (exact) mass is 353 g/mol. The van der Waals surface area contributed by atoms with Gasteiger partial charge in [0.15, 0.2) is 11.5 Å². The van der Waals surface area contributed by atoms with Crippen LogP contribution in [0.3, 0.4) is 0 Å². The van der Waals surface area contributed by atoms with E-state index in [4.69, 9.17) is 14.2 Å². The molecule has 0 aliphatic carbocycles. The number of pyridine rings is 1. The number of amides is 1. The van der Waals surface area contributed by atoms with Crippen LogP contribution in [0.15, 0.2) is 42.2 Å². The van der Waals surface area contributed by atoms with Crippen molar-refractivity contribution in [2.45, 2.75) is 6.54 Å². The van der Waals surface area contributed by atoms with Gasteiger partial charge < -0.3 is 19.5 Å². The van der Waals surface area contributed by atoms with Crippen LogP contribution < -0.4 is 19.5 Å². The molecule has 1 aromatic heterocycles. The van der Waals surface area contributed by atoms with Gasteiger partial charge in [-0.05, 0) is 41.5 Å². The maximum atomic E-state index is 12.3. The minimum Gasteiger partial charge on any atom is -0.493 e. The number of methoxy groups -OCH3 is 3. The molecule has 7 heteroatoms. The number of carbonyl (C=O) groups is 1. The zero-order valence-electron chi connectivity index (χ0n) is 14.8. The number of hydrogen-bond donors (Lipinski definition) is 1. The van der Waals surface area contributed by atoms with E-state index in [2.05, 4.69) is 10.3 Å². The minimum absolute atomic E-state index is 0.0340. The zero-order chi connectivity index (χ0) is 18.9. The average molecular weight is 353 g/mol. The Bertz CT molecular complexity index is 817. The van der Waals surface area contributed by atoms with Crippen LogP contribution in [-0.2, 0) is 11.3 Å². The molecule has 134 valence electrons. The summed E-state index contributed by atoms with van der Waals surface area (Å²) in [6.45, 7) is 0.301. The van der Waals surface area contributed by atoms with Crippen molar-refractivity contribution in [1.29, 1.82) is 5.26 Å². The van der Waals surface area contributed by atoms with Gasteiger partial charge in [0.25, 0.3) is 5.91 Å². The van der Waals surface area contributed by atoms with Crippen LogP contribution in [0.1, 0.15) is 11.1 Å². The third-order valence-corrected chi connectivity index (χ3v) is 3.57. The second-order valence-corrected chi connectivity index (χ2v) is 5.17. The molecule has 0 aliphatic heterocycles. The van der Waals surface area contributed by atoms with Crippen LogP contribution in [-0.4, -0.2) is 32.2 Å². The van der Waals surface area contributed by atoms with E-state index in [9.17, 15) is 10.1 Å². The molecule has 0 unspecified atom stereocenters. The van der Waals surface area contributed by atoms with Gasteiger partial charge in [0.05, 0.1) is 21.3 Å². The number of nitrogens with one attached hydrogen (secondary N) is 1.